The highest BCUT2D eigenvalue weighted by atomic mass is 35.5. The second-order valence-corrected chi connectivity index (χ2v) is 4.64. The molecule has 3 nitrogen and oxygen atoms in total. The van der Waals surface area contributed by atoms with Gasteiger partial charge in [0.25, 0.3) is 0 Å². The van der Waals surface area contributed by atoms with Crippen molar-refractivity contribution in [2.75, 3.05) is 18.0 Å². The Balaban J connectivity index is 2.30. The quantitative estimate of drug-likeness (QED) is 0.725. The number of hydrogen-bond acceptors (Lipinski definition) is 3. The fraction of sp³-hybridized carbons (Fsp3) is 0.636. The second kappa shape index (κ2) is 4.35. The van der Waals surface area contributed by atoms with Crippen molar-refractivity contribution in [3.05, 3.63) is 17.0 Å². The first-order valence-corrected chi connectivity index (χ1v) is 5.84. The van der Waals surface area contributed by atoms with Crippen LogP contribution in [0.3, 0.4) is 0 Å². The van der Waals surface area contributed by atoms with Crippen molar-refractivity contribution in [3.8, 4) is 0 Å². The standard InChI is InChI=1S/C11H16ClN3/c1-8(2)11-13-9(12)7-10(14-11)15-5-3-4-6-15/h7-8H,3-6H2,1-2H3. The van der Waals surface area contributed by atoms with E-state index in [2.05, 4.69) is 28.7 Å². The first kappa shape index (κ1) is 10.7. The van der Waals surface area contributed by atoms with E-state index in [0.29, 0.717) is 11.1 Å². The molecule has 1 fully saturated rings. The molecule has 82 valence electrons. The first-order chi connectivity index (χ1) is 7.16. The molecule has 2 heterocycles. The van der Waals surface area contributed by atoms with Crippen molar-refractivity contribution in [1.82, 2.24) is 9.97 Å². The van der Waals surface area contributed by atoms with Crippen molar-refractivity contribution < 1.29 is 0 Å². The van der Waals surface area contributed by atoms with Gasteiger partial charge in [0.2, 0.25) is 0 Å². The molecule has 0 unspecified atom stereocenters. The summed E-state index contributed by atoms with van der Waals surface area (Å²) < 4.78 is 0. The highest BCUT2D eigenvalue weighted by Gasteiger charge is 2.16. The van der Waals surface area contributed by atoms with Crippen molar-refractivity contribution in [1.29, 1.82) is 0 Å². The summed E-state index contributed by atoms with van der Waals surface area (Å²) in [5.41, 5.74) is 0. The fourth-order valence-electron chi connectivity index (χ4n) is 1.79. The number of hydrogen-bond donors (Lipinski definition) is 0. The molecule has 0 aromatic carbocycles. The summed E-state index contributed by atoms with van der Waals surface area (Å²) in [5.74, 6) is 2.14. The van der Waals surface area contributed by atoms with Gasteiger partial charge in [0.15, 0.2) is 0 Å². The largest absolute Gasteiger partial charge is 0.356 e. The van der Waals surface area contributed by atoms with Gasteiger partial charge in [-0.05, 0) is 12.8 Å². The zero-order valence-corrected chi connectivity index (χ0v) is 9.96. The normalized spacial score (nSPS) is 16.4. The van der Waals surface area contributed by atoms with Gasteiger partial charge in [0.1, 0.15) is 16.8 Å². The van der Waals surface area contributed by atoms with Crippen LogP contribution >= 0.6 is 11.6 Å². The smallest absolute Gasteiger partial charge is 0.135 e. The molecule has 0 amide bonds. The Labute approximate surface area is 95.5 Å². The second-order valence-electron chi connectivity index (χ2n) is 4.26. The van der Waals surface area contributed by atoms with Crippen LogP contribution in [0.1, 0.15) is 38.4 Å². The predicted octanol–water partition coefficient (Wildman–Crippen LogP) is 2.85. The van der Waals surface area contributed by atoms with Gasteiger partial charge in [0, 0.05) is 25.1 Å². The Hall–Kier alpha value is -0.830. The number of nitrogens with zero attached hydrogens (tertiary/aromatic N) is 3. The van der Waals surface area contributed by atoms with Crippen LogP contribution < -0.4 is 4.90 Å². The molecule has 1 aliphatic rings. The van der Waals surface area contributed by atoms with Gasteiger partial charge in [-0.2, -0.15) is 0 Å². The van der Waals surface area contributed by atoms with Crippen LogP contribution in [0.25, 0.3) is 0 Å². The Bertz CT molecular complexity index is 346. The van der Waals surface area contributed by atoms with E-state index >= 15 is 0 Å². The van der Waals surface area contributed by atoms with Gasteiger partial charge in [-0.15, -0.1) is 0 Å². The molecule has 1 aromatic heterocycles. The van der Waals surface area contributed by atoms with Gasteiger partial charge in [-0.1, -0.05) is 25.4 Å². The van der Waals surface area contributed by atoms with Crippen LogP contribution in [0.2, 0.25) is 5.15 Å². The van der Waals surface area contributed by atoms with Gasteiger partial charge >= 0.3 is 0 Å². The Kier molecular flexibility index (Phi) is 3.10. The molecule has 1 aromatic rings. The summed E-state index contributed by atoms with van der Waals surface area (Å²) in [4.78, 5) is 11.1. The Morgan fingerprint density at radius 1 is 1.27 bits per heavy atom. The molecule has 15 heavy (non-hydrogen) atoms. The van der Waals surface area contributed by atoms with Crippen LogP contribution in [-0.4, -0.2) is 23.1 Å². The molecular formula is C11H16ClN3. The Morgan fingerprint density at radius 2 is 1.93 bits per heavy atom. The lowest BCUT2D eigenvalue weighted by Gasteiger charge is -2.17. The molecule has 0 N–H and O–H groups in total. The van der Waals surface area contributed by atoms with Crippen molar-refractivity contribution in [2.24, 2.45) is 0 Å². The highest BCUT2D eigenvalue weighted by Crippen LogP contribution is 2.22. The van der Waals surface area contributed by atoms with Crippen molar-refractivity contribution in [3.63, 3.8) is 0 Å². The molecule has 0 spiro atoms. The van der Waals surface area contributed by atoms with Crippen LogP contribution in [0, 0.1) is 0 Å². The molecule has 4 heteroatoms. The van der Waals surface area contributed by atoms with Crippen LogP contribution in [-0.2, 0) is 0 Å². The monoisotopic (exact) mass is 225 g/mol. The third-order valence-corrected chi connectivity index (χ3v) is 2.84. The lowest BCUT2D eigenvalue weighted by Crippen LogP contribution is -2.20. The van der Waals surface area contributed by atoms with Gasteiger partial charge in [0.05, 0.1) is 0 Å². The van der Waals surface area contributed by atoms with Crippen LogP contribution in [0.15, 0.2) is 6.07 Å². The average molecular weight is 226 g/mol. The van der Waals surface area contributed by atoms with E-state index in [1.165, 1.54) is 12.8 Å². The molecule has 1 aliphatic heterocycles. The van der Waals surface area contributed by atoms with E-state index in [1.54, 1.807) is 0 Å². The Morgan fingerprint density at radius 3 is 2.53 bits per heavy atom. The maximum atomic E-state index is 5.99. The van der Waals surface area contributed by atoms with E-state index in [0.717, 1.165) is 24.7 Å². The third kappa shape index (κ3) is 2.40. The summed E-state index contributed by atoms with van der Waals surface area (Å²) in [6.45, 7) is 6.34. The number of anilines is 1. The first-order valence-electron chi connectivity index (χ1n) is 5.46. The van der Waals surface area contributed by atoms with E-state index in [4.69, 9.17) is 11.6 Å². The zero-order chi connectivity index (χ0) is 10.8. The third-order valence-electron chi connectivity index (χ3n) is 2.65. The summed E-state index contributed by atoms with van der Waals surface area (Å²) >= 11 is 5.99. The number of rotatable bonds is 2. The topological polar surface area (TPSA) is 29.0 Å². The van der Waals surface area contributed by atoms with Gasteiger partial charge in [-0.3, -0.25) is 0 Å². The molecule has 0 radical (unpaired) electrons. The van der Waals surface area contributed by atoms with Crippen LogP contribution in [0.4, 0.5) is 5.82 Å². The molecule has 1 saturated heterocycles. The number of aromatic nitrogens is 2. The number of halogens is 1. The SMILES string of the molecule is CC(C)c1nc(Cl)cc(N2CCCC2)n1. The lowest BCUT2D eigenvalue weighted by molar-refractivity contribution is 0.765. The minimum absolute atomic E-state index is 0.324. The summed E-state index contributed by atoms with van der Waals surface area (Å²) in [6.07, 6.45) is 2.50. The molecule has 0 atom stereocenters. The van der Waals surface area contributed by atoms with E-state index in [1.807, 2.05) is 6.07 Å². The van der Waals surface area contributed by atoms with Crippen molar-refractivity contribution >= 4 is 17.4 Å². The van der Waals surface area contributed by atoms with Crippen LogP contribution in [0.5, 0.6) is 0 Å². The van der Waals surface area contributed by atoms with E-state index < -0.39 is 0 Å². The molecular weight excluding hydrogens is 210 g/mol. The van der Waals surface area contributed by atoms with E-state index in [9.17, 15) is 0 Å². The highest BCUT2D eigenvalue weighted by molar-refractivity contribution is 6.29. The minimum atomic E-state index is 0.324. The molecule has 0 bridgehead atoms. The van der Waals surface area contributed by atoms with Crippen molar-refractivity contribution in [2.45, 2.75) is 32.6 Å². The summed E-state index contributed by atoms with van der Waals surface area (Å²) in [7, 11) is 0. The van der Waals surface area contributed by atoms with Gasteiger partial charge in [-0.25, -0.2) is 9.97 Å². The maximum absolute atomic E-state index is 5.99. The van der Waals surface area contributed by atoms with Gasteiger partial charge < -0.3 is 4.90 Å². The summed E-state index contributed by atoms with van der Waals surface area (Å²) in [6, 6.07) is 1.86. The summed E-state index contributed by atoms with van der Waals surface area (Å²) in [5, 5.41) is 0.551. The fourth-order valence-corrected chi connectivity index (χ4v) is 1.97. The lowest BCUT2D eigenvalue weighted by atomic mass is 10.2. The molecule has 0 saturated carbocycles. The molecule has 0 aliphatic carbocycles. The maximum Gasteiger partial charge on any atom is 0.135 e. The predicted molar refractivity (Wildman–Crippen MR) is 62.6 cm³/mol. The van der Waals surface area contributed by atoms with E-state index in [-0.39, 0.29) is 0 Å². The average Bonchev–Trinajstić information content (AvgIpc) is 2.69. The molecule has 2 rings (SSSR count). The minimum Gasteiger partial charge on any atom is -0.356 e. The zero-order valence-electron chi connectivity index (χ0n) is 9.20.